The number of benzene rings is 2. The minimum absolute atomic E-state index is 0.122. The lowest BCUT2D eigenvalue weighted by molar-refractivity contribution is 0.236. The summed E-state index contributed by atoms with van der Waals surface area (Å²) in [5.41, 5.74) is 1.71. The Labute approximate surface area is 145 Å². The molecule has 1 aliphatic heterocycles. The molecule has 0 bridgehead atoms. The van der Waals surface area contributed by atoms with Crippen molar-refractivity contribution in [3.05, 3.63) is 64.9 Å². The first-order chi connectivity index (χ1) is 11.8. The number of hydrogen-bond donors (Lipinski definition) is 1. The molecular weight excluding hydrogens is 321 g/mol. The zero-order valence-electron chi connectivity index (χ0n) is 13.4. The Kier molecular flexibility index (Phi) is 4.56. The minimum atomic E-state index is -0.154. The minimum Gasteiger partial charge on any atom is -0.315 e. The summed E-state index contributed by atoms with van der Waals surface area (Å²) < 4.78 is 15.7. The van der Waals surface area contributed by atoms with Crippen LogP contribution in [0, 0.1) is 5.82 Å². The van der Waals surface area contributed by atoms with Crippen molar-refractivity contribution in [3.63, 3.8) is 0 Å². The van der Waals surface area contributed by atoms with Gasteiger partial charge in [0.25, 0.3) is 0 Å². The molecule has 0 amide bonds. The number of para-hydroxylation sites is 1. The van der Waals surface area contributed by atoms with Gasteiger partial charge >= 0.3 is 0 Å². The van der Waals surface area contributed by atoms with Crippen LogP contribution in [0.5, 0.6) is 0 Å². The average Bonchev–Trinajstić information content (AvgIpc) is 2.84. The Balaban J connectivity index is 1.81. The largest absolute Gasteiger partial charge is 0.315 e. The van der Waals surface area contributed by atoms with E-state index >= 15 is 0 Å². The second-order valence-corrected chi connectivity index (χ2v) is 7.15. The number of thiazole rings is 1. The quantitative estimate of drug-likeness (QED) is 0.785. The summed E-state index contributed by atoms with van der Waals surface area (Å²) in [6.45, 7) is 3.78. The van der Waals surface area contributed by atoms with E-state index < -0.39 is 0 Å². The molecule has 1 saturated heterocycles. The van der Waals surface area contributed by atoms with Crippen molar-refractivity contribution in [2.75, 3.05) is 26.2 Å². The normalized spacial score (nSPS) is 17.7. The molecule has 124 valence electrons. The van der Waals surface area contributed by atoms with E-state index in [9.17, 15) is 4.39 Å². The predicted octanol–water partition coefficient (Wildman–Crippen LogP) is 3.82. The first-order valence-electron chi connectivity index (χ1n) is 8.37. The first-order valence-corrected chi connectivity index (χ1v) is 9.19. The van der Waals surface area contributed by atoms with Gasteiger partial charge in [0.05, 0.1) is 16.3 Å². The lowest BCUT2D eigenvalue weighted by atomic mass is 10.0. The smallest absolute Gasteiger partial charge is 0.128 e. The zero-order valence-corrected chi connectivity index (χ0v) is 14.2. The van der Waals surface area contributed by atoms with Crippen LogP contribution >= 0.6 is 11.3 Å². The Morgan fingerprint density at radius 1 is 1.04 bits per heavy atom. The van der Waals surface area contributed by atoms with Gasteiger partial charge in [0.1, 0.15) is 10.8 Å². The predicted molar refractivity (Wildman–Crippen MR) is 96.9 cm³/mol. The molecule has 3 nitrogen and oxygen atoms in total. The van der Waals surface area contributed by atoms with Crippen LogP contribution in [0.25, 0.3) is 10.2 Å². The molecule has 1 N–H and O–H groups in total. The number of rotatable bonds is 3. The third-order valence-electron chi connectivity index (χ3n) is 4.48. The fraction of sp³-hybridized carbons (Fsp3) is 0.316. The summed E-state index contributed by atoms with van der Waals surface area (Å²) in [5, 5.41) is 4.40. The van der Waals surface area contributed by atoms with Gasteiger partial charge in [-0.3, -0.25) is 4.90 Å². The highest BCUT2D eigenvalue weighted by molar-refractivity contribution is 7.18. The van der Waals surface area contributed by atoms with Gasteiger partial charge in [-0.1, -0.05) is 30.3 Å². The number of hydrogen-bond acceptors (Lipinski definition) is 4. The molecule has 2 aromatic carbocycles. The Hall–Kier alpha value is -1.82. The summed E-state index contributed by atoms with van der Waals surface area (Å²) >= 11 is 1.67. The molecule has 5 heteroatoms. The van der Waals surface area contributed by atoms with Crippen molar-refractivity contribution >= 4 is 21.6 Å². The molecule has 0 aliphatic carbocycles. The summed E-state index contributed by atoms with van der Waals surface area (Å²) in [6.07, 6.45) is 1.07. The van der Waals surface area contributed by atoms with Crippen molar-refractivity contribution in [3.8, 4) is 0 Å². The van der Waals surface area contributed by atoms with Crippen molar-refractivity contribution in [2.45, 2.75) is 12.5 Å². The van der Waals surface area contributed by atoms with Gasteiger partial charge in [0, 0.05) is 25.2 Å². The number of nitrogens with zero attached hydrogens (tertiary/aromatic N) is 2. The van der Waals surface area contributed by atoms with E-state index in [0.717, 1.165) is 53.4 Å². The van der Waals surface area contributed by atoms with E-state index in [1.54, 1.807) is 23.5 Å². The van der Waals surface area contributed by atoms with E-state index in [1.807, 2.05) is 30.3 Å². The van der Waals surface area contributed by atoms with Crippen molar-refractivity contribution in [1.82, 2.24) is 15.2 Å². The average molecular weight is 341 g/mol. The number of fused-ring (bicyclic) bond motifs is 1. The zero-order chi connectivity index (χ0) is 16.4. The van der Waals surface area contributed by atoms with Crippen molar-refractivity contribution in [1.29, 1.82) is 0 Å². The molecule has 1 aliphatic rings. The molecule has 0 radical (unpaired) electrons. The molecule has 1 aromatic heterocycles. The lowest BCUT2D eigenvalue weighted by Crippen LogP contribution is -2.33. The van der Waals surface area contributed by atoms with Crippen LogP contribution in [0.2, 0.25) is 0 Å². The van der Waals surface area contributed by atoms with Gasteiger partial charge in [-0.05, 0) is 31.2 Å². The highest BCUT2D eigenvalue weighted by atomic mass is 32.1. The monoisotopic (exact) mass is 341 g/mol. The molecule has 1 fully saturated rings. The molecule has 3 aromatic rings. The molecule has 1 atom stereocenters. The Morgan fingerprint density at radius 2 is 1.88 bits per heavy atom. The summed E-state index contributed by atoms with van der Waals surface area (Å²) in [7, 11) is 0. The van der Waals surface area contributed by atoms with Crippen molar-refractivity contribution in [2.24, 2.45) is 0 Å². The molecule has 4 rings (SSSR count). The third kappa shape index (κ3) is 3.07. The van der Waals surface area contributed by atoms with E-state index in [0.29, 0.717) is 0 Å². The maximum absolute atomic E-state index is 14.6. The van der Waals surface area contributed by atoms with Gasteiger partial charge in [-0.2, -0.15) is 0 Å². The van der Waals surface area contributed by atoms with Crippen LogP contribution in [0.4, 0.5) is 4.39 Å². The SMILES string of the molecule is Fc1ccccc1C(c1nc2ccccc2s1)N1CCCNCC1. The van der Waals surface area contributed by atoms with Gasteiger partial charge in [0.15, 0.2) is 0 Å². The van der Waals surface area contributed by atoms with E-state index in [2.05, 4.69) is 16.3 Å². The second kappa shape index (κ2) is 6.97. The molecule has 24 heavy (non-hydrogen) atoms. The van der Waals surface area contributed by atoms with Crippen LogP contribution in [0.3, 0.4) is 0 Å². The van der Waals surface area contributed by atoms with E-state index in [-0.39, 0.29) is 11.9 Å². The fourth-order valence-corrected chi connectivity index (χ4v) is 4.44. The molecule has 1 unspecified atom stereocenters. The van der Waals surface area contributed by atoms with Crippen LogP contribution in [-0.2, 0) is 0 Å². The summed E-state index contributed by atoms with van der Waals surface area (Å²) in [4.78, 5) is 7.18. The summed E-state index contributed by atoms with van der Waals surface area (Å²) in [6, 6.07) is 15.1. The lowest BCUT2D eigenvalue weighted by Gasteiger charge is -2.29. The fourth-order valence-electron chi connectivity index (χ4n) is 3.31. The van der Waals surface area contributed by atoms with Crippen LogP contribution < -0.4 is 5.32 Å². The molecule has 2 heterocycles. The third-order valence-corrected chi connectivity index (χ3v) is 5.57. The Bertz CT molecular complexity index is 791. The number of nitrogens with one attached hydrogen (secondary N) is 1. The first kappa shape index (κ1) is 15.7. The maximum atomic E-state index is 14.6. The second-order valence-electron chi connectivity index (χ2n) is 6.08. The number of aromatic nitrogens is 1. The van der Waals surface area contributed by atoms with E-state index in [4.69, 9.17) is 4.98 Å². The highest BCUT2D eigenvalue weighted by Crippen LogP contribution is 2.35. The van der Waals surface area contributed by atoms with Gasteiger partial charge in [-0.15, -0.1) is 11.3 Å². The van der Waals surface area contributed by atoms with Crippen LogP contribution in [0.15, 0.2) is 48.5 Å². The Morgan fingerprint density at radius 3 is 2.75 bits per heavy atom. The summed E-state index contributed by atoms with van der Waals surface area (Å²) in [5.74, 6) is -0.154. The van der Waals surface area contributed by atoms with Crippen LogP contribution in [0.1, 0.15) is 23.0 Å². The molecule has 0 saturated carbocycles. The maximum Gasteiger partial charge on any atom is 0.128 e. The number of halogens is 1. The standard InChI is InChI=1S/C19H20FN3S/c20-15-7-2-1-6-14(15)18(23-12-5-10-21-11-13-23)19-22-16-8-3-4-9-17(16)24-19/h1-4,6-9,18,21H,5,10-13H2. The van der Waals surface area contributed by atoms with Crippen LogP contribution in [-0.4, -0.2) is 36.1 Å². The van der Waals surface area contributed by atoms with Gasteiger partial charge < -0.3 is 5.32 Å². The highest BCUT2D eigenvalue weighted by Gasteiger charge is 2.28. The van der Waals surface area contributed by atoms with E-state index in [1.165, 1.54) is 0 Å². The molecule has 0 spiro atoms. The molecular formula is C19H20FN3S. The van der Waals surface area contributed by atoms with Gasteiger partial charge in [0.2, 0.25) is 0 Å². The van der Waals surface area contributed by atoms with Gasteiger partial charge in [-0.25, -0.2) is 9.37 Å². The topological polar surface area (TPSA) is 28.2 Å². The van der Waals surface area contributed by atoms with Crippen molar-refractivity contribution < 1.29 is 4.39 Å².